The van der Waals surface area contributed by atoms with Gasteiger partial charge in [-0.1, -0.05) is 30.3 Å². The molecule has 2 fully saturated rings. The molecule has 1 unspecified atom stereocenters. The van der Waals surface area contributed by atoms with Gasteiger partial charge in [0, 0.05) is 38.8 Å². The van der Waals surface area contributed by atoms with Gasteiger partial charge in [-0.3, -0.25) is 9.59 Å². The first kappa shape index (κ1) is 26.2. The maximum atomic E-state index is 13.3. The zero-order valence-corrected chi connectivity index (χ0v) is 22.6. The first-order valence-corrected chi connectivity index (χ1v) is 13.9. The summed E-state index contributed by atoms with van der Waals surface area (Å²) in [6, 6.07) is 15.4. The number of hydrogen-bond acceptors (Lipinski definition) is 8. The second kappa shape index (κ2) is 11.2. The maximum Gasteiger partial charge on any atom is 0.274 e. The smallest absolute Gasteiger partial charge is 0.274 e. The van der Waals surface area contributed by atoms with E-state index in [-0.39, 0.29) is 23.7 Å². The third kappa shape index (κ3) is 5.64. The molecule has 10 heteroatoms. The molecule has 0 amide bonds. The lowest BCUT2D eigenvalue weighted by molar-refractivity contribution is 0.0199. The van der Waals surface area contributed by atoms with Crippen molar-refractivity contribution in [2.75, 3.05) is 23.9 Å². The first-order chi connectivity index (χ1) is 19.5. The lowest BCUT2D eigenvalue weighted by Crippen LogP contribution is -2.32. The lowest BCUT2D eigenvalue weighted by atomic mass is 9.78. The van der Waals surface area contributed by atoms with Gasteiger partial charge in [-0.25, -0.2) is 4.98 Å². The standard InChI is InChI=1S/C30H34N6O4/c1-34(19-20-6-3-2-4-7-20)28-17-27(32-24-8-5-13-35(30(24)39)14-15-40-22-10-11-22)33-29-23(18-31-36(28)29)26(38)16-21-9-12-25(21)37/h2-8,13,17-18,21-22,25,37H,9-12,14-16,19H2,1H3,(H,32,33)/t21?,25-/m1/s1. The number of pyridine rings is 1. The Labute approximate surface area is 232 Å². The molecule has 3 heterocycles. The van der Waals surface area contributed by atoms with Crippen LogP contribution in [0.1, 0.15) is 48.0 Å². The van der Waals surface area contributed by atoms with E-state index >= 15 is 0 Å². The number of aliphatic hydroxyl groups excluding tert-OH is 1. The Balaban J connectivity index is 1.32. The Bertz CT molecular complexity index is 1560. The van der Waals surface area contributed by atoms with Crippen molar-refractivity contribution in [1.82, 2.24) is 19.2 Å². The summed E-state index contributed by atoms with van der Waals surface area (Å²) in [5.41, 5.74) is 2.14. The second-order valence-corrected chi connectivity index (χ2v) is 10.8. The van der Waals surface area contributed by atoms with Crippen molar-refractivity contribution in [1.29, 1.82) is 0 Å². The number of fused-ring (bicyclic) bond motifs is 1. The van der Waals surface area contributed by atoms with Crippen molar-refractivity contribution >= 4 is 28.8 Å². The maximum absolute atomic E-state index is 13.3. The van der Waals surface area contributed by atoms with Crippen molar-refractivity contribution in [2.24, 2.45) is 5.92 Å². The van der Waals surface area contributed by atoms with Gasteiger partial charge in [0.15, 0.2) is 11.4 Å². The molecule has 2 saturated carbocycles. The Morgan fingerprint density at radius 3 is 2.70 bits per heavy atom. The van der Waals surface area contributed by atoms with E-state index in [0.717, 1.165) is 31.2 Å². The van der Waals surface area contributed by atoms with Crippen LogP contribution in [0.2, 0.25) is 0 Å². The third-order valence-electron chi connectivity index (χ3n) is 7.73. The Hall–Kier alpha value is -4.02. The first-order valence-electron chi connectivity index (χ1n) is 13.9. The zero-order valence-electron chi connectivity index (χ0n) is 22.6. The number of benzene rings is 1. The van der Waals surface area contributed by atoms with Gasteiger partial charge in [-0.15, -0.1) is 0 Å². The summed E-state index contributed by atoms with van der Waals surface area (Å²) < 4.78 is 9.02. The van der Waals surface area contributed by atoms with Gasteiger partial charge in [0.2, 0.25) is 0 Å². The largest absolute Gasteiger partial charge is 0.393 e. The number of Topliss-reactive ketones (excluding diaryl/α,β-unsaturated/α-hetero) is 1. The summed E-state index contributed by atoms with van der Waals surface area (Å²) in [7, 11) is 1.95. The molecule has 0 bridgehead atoms. The van der Waals surface area contributed by atoms with Gasteiger partial charge in [-0.05, 0) is 49.3 Å². The summed E-state index contributed by atoms with van der Waals surface area (Å²) in [5, 5.41) is 17.7. The number of nitrogens with one attached hydrogen (secondary N) is 1. The number of nitrogens with zero attached hydrogens (tertiary/aromatic N) is 5. The number of rotatable bonds is 12. The van der Waals surface area contributed by atoms with Gasteiger partial charge in [0.25, 0.3) is 5.56 Å². The van der Waals surface area contributed by atoms with Crippen LogP contribution in [0.3, 0.4) is 0 Å². The van der Waals surface area contributed by atoms with E-state index in [1.165, 1.54) is 0 Å². The van der Waals surface area contributed by atoms with Gasteiger partial charge in [-0.2, -0.15) is 9.61 Å². The van der Waals surface area contributed by atoms with E-state index in [1.807, 2.05) is 42.3 Å². The van der Waals surface area contributed by atoms with E-state index in [4.69, 9.17) is 9.72 Å². The van der Waals surface area contributed by atoms with E-state index in [9.17, 15) is 14.7 Å². The molecule has 2 aliphatic rings. The van der Waals surface area contributed by atoms with Crippen LogP contribution >= 0.6 is 0 Å². The van der Waals surface area contributed by atoms with Crippen molar-refractivity contribution in [2.45, 2.75) is 57.4 Å². The molecule has 0 radical (unpaired) electrons. The number of aliphatic hydroxyl groups is 1. The molecule has 4 aromatic rings. The fourth-order valence-electron chi connectivity index (χ4n) is 5.05. The summed E-state index contributed by atoms with van der Waals surface area (Å²) in [4.78, 5) is 33.2. The fourth-order valence-corrected chi connectivity index (χ4v) is 5.05. The Kier molecular flexibility index (Phi) is 7.36. The number of carbonyl (C=O) groups is 1. The highest BCUT2D eigenvalue weighted by Gasteiger charge is 2.32. The lowest BCUT2D eigenvalue weighted by Gasteiger charge is -2.31. The van der Waals surface area contributed by atoms with Gasteiger partial charge >= 0.3 is 0 Å². The van der Waals surface area contributed by atoms with Gasteiger partial charge in [0.1, 0.15) is 17.3 Å². The highest BCUT2D eigenvalue weighted by molar-refractivity contribution is 6.01. The molecule has 3 aromatic heterocycles. The second-order valence-electron chi connectivity index (χ2n) is 10.8. The summed E-state index contributed by atoms with van der Waals surface area (Å²) in [6.45, 7) is 1.57. The Morgan fingerprint density at radius 2 is 1.98 bits per heavy atom. The van der Waals surface area contributed by atoms with Crippen molar-refractivity contribution in [3.8, 4) is 0 Å². The number of anilines is 3. The number of aromatic nitrogens is 4. The van der Waals surface area contributed by atoms with E-state index in [2.05, 4.69) is 22.5 Å². The quantitative estimate of drug-likeness (QED) is 0.260. The minimum Gasteiger partial charge on any atom is -0.393 e. The average Bonchev–Trinajstić information content (AvgIpc) is 3.69. The highest BCUT2D eigenvalue weighted by Crippen LogP contribution is 2.32. The minimum absolute atomic E-state index is 0.0318. The Morgan fingerprint density at radius 1 is 1.15 bits per heavy atom. The molecule has 2 aliphatic carbocycles. The summed E-state index contributed by atoms with van der Waals surface area (Å²) in [6.07, 6.45) is 7.20. The molecular formula is C30H34N6O4. The minimum atomic E-state index is -0.432. The van der Waals surface area contributed by atoms with Crippen LogP contribution in [-0.4, -0.2) is 55.9 Å². The van der Waals surface area contributed by atoms with Crippen LogP contribution in [0.15, 0.2) is 65.7 Å². The third-order valence-corrected chi connectivity index (χ3v) is 7.73. The van der Waals surface area contributed by atoms with Crippen LogP contribution in [0.4, 0.5) is 17.3 Å². The number of hydrogen-bond donors (Lipinski definition) is 2. The molecule has 6 rings (SSSR count). The SMILES string of the molecule is CN(Cc1ccccc1)c1cc(Nc2cccn(CCOC3CC3)c2=O)nc2c(C(=O)CC3CC[C@H]3O)cnn12. The van der Waals surface area contributed by atoms with Crippen molar-refractivity contribution in [3.05, 3.63) is 82.4 Å². The molecule has 0 spiro atoms. The topological polar surface area (TPSA) is 114 Å². The van der Waals surface area contributed by atoms with Crippen LogP contribution in [0.5, 0.6) is 0 Å². The molecular weight excluding hydrogens is 508 g/mol. The molecule has 40 heavy (non-hydrogen) atoms. The van der Waals surface area contributed by atoms with Crippen LogP contribution in [0, 0.1) is 5.92 Å². The monoisotopic (exact) mass is 542 g/mol. The van der Waals surface area contributed by atoms with Gasteiger partial charge < -0.3 is 24.6 Å². The van der Waals surface area contributed by atoms with Crippen molar-refractivity contribution in [3.63, 3.8) is 0 Å². The van der Waals surface area contributed by atoms with Crippen molar-refractivity contribution < 1.29 is 14.6 Å². The fraction of sp³-hybridized carbons (Fsp3) is 0.400. The zero-order chi connectivity index (χ0) is 27.6. The van der Waals surface area contributed by atoms with Crippen LogP contribution in [-0.2, 0) is 17.8 Å². The van der Waals surface area contributed by atoms with E-state index in [1.54, 1.807) is 27.5 Å². The summed E-state index contributed by atoms with van der Waals surface area (Å²) >= 11 is 0. The molecule has 208 valence electrons. The predicted octanol–water partition coefficient (Wildman–Crippen LogP) is 3.79. The number of carbonyl (C=O) groups excluding carboxylic acids is 1. The van der Waals surface area contributed by atoms with Crippen LogP contribution < -0.4 is 15.8 Å². The van der Waals surface area contributed by atoms with Gasteiger partial charge in [0.05, 0.1) is 30.6 Å². The average molecular weight is 543 g/mol. The molecule has 10 nitrogen and oxygen atoms in total. The molecule has 1 aromatic carbocycles. The normalized spacial score (nSPS) is 18.4. The highest BCUT2D eigenvalue weighted by atomic mass is 16.5. The predicted molar refractivity (Wildman–Crippen MR) is 152 cm³/mol. The number of ketones is 1. The molecule has 0 saturated heterocycles. The number of ether oxygens (including phenoxy) is 1. The van der Waals surface area contributed by atoms with E-state index in [0.29, 0.717) is 54.3 Å². The molecule has 0 aliphatic heterocycles. The summed E-state index contributed by atoms with van der Waals surface area (Å²) in [5.74, 6) is 1.02. The van der Waals surface area contributed by atoms with Crippen LogP contribution in [0.25, 0.3) is 5.65 Å². The molecule has 2 N–H and O–H groups in total. The molecule has 2 atom stereocenters. The van der Waals surface area contributed by atoms with E-state index < -0.39 is 6.10 Å².